The molecule has 4 rings (SSSR count). The molecule has 0 spiro atoms. The lowest BCUT2D eigenvalue weighted by molar-refractivity contribution is 0.0637. The standard InChI is InChI=1S/C23H28N6O4/c1-4-5-11-33-20-17(30)12-15(29-10-9-28(14(2)3)23(32)19(20)29)13-25-22(31)18-16-7-6-8-24-21(16)27-26-18/h6-8,12,14H,4-5,9-11,13H2,1-3H3,(H,25,31)(H,24,26,27). The number of carbonyl (C=O) groups is 2. The van der Waals surface area contributed by atoms with Crippen LogP contribution in [0.5, 0.6) is 5.75 Å². The lowest BCUT2D eigenvalue weighted by atomic mass is 10.1. The van der Waals surface area contributed by atoms with E-state index in [-0.39, 0.29) is 41.1 Å². The first kappa shape index (κ1) is 22.5. The van der Waals surface area contributed by atoms with E-state index in [2.05, 4.69) is 20.5 Å². The van der Waals surface area contributed by atoms with E-state index in [1.165, 1.54) is 6.07 Å². The molecule has 2 amide bonds. The van der Waals surface area contributed by atoms with Gasteiger partial charge in [0.25, 0.3) is 11.8 Å². The fraction of sp³-hybridized carbons (Fsp3) is 0.435. The Kier molecular flexibility index (Phi) is 6.43. The first-order valence-electron chi connectivity index (χ1n) is 11.2. The molecule has 3 aromatic heterocycles. The van der Waals surface area contributed by atoms with Gasteiger partial charge in [0.05, 0.1) is 18.5 Å². The van der Waals surface area contributed by atoms with Crippen LogP contribution in [0, 0.1) is 0 Å². The third-order valence-electron chi connectivity index (χ3n) is 5.73. The third-order valence-corrected chi connectivity index (χ3v) is 5.73. The summed E-state index contributed by atoms with van der Waals surface area (Å²) in [7, 11) is 0. The van der Waals surface area contributed by atoms with Crippen LogP contribution < -0.4 is 15.5 Å². The van der Waals surface area contributed by atoms with Gasteiger partial charge in [-0.3, -0.25) is 19.5 Å². The van der Waals surface area contributed by atoms with Crippen molar-refractivity contribution in [2.45, 2.75) is 52.7 Å². The largest absolute Gasteiger partial charge is 0.487 e. The molecule has 1 aliphatic heterocycles. The molecule has 33 heavy (non-hydrogen) atoms. The normalized spacial score (nSPS) is 13.5. The summed E-state index contributed by atoms with van der Waals surface area (Å²) in [6.07, 6.45) is 3.31. The second-order valence-electron chi connectivity index (χ2n) is 8.28. The molecule has 10 heteroatoms. The second-order valence-corrected chi connectivity index (χ2v) is 8.28. The molecule has 0 fully saturated rings. The maximum absolute atomic E-state index is 13.3. The van der Waals surface area contributed by atoms with E-state index in [4.69, 9.17) is 4.74 Å². The number of rotatable bonds is 8. The minimum Gasteiger partial charge on any atom is -0.487 e. The Hall–Kier alpha value is -3.69. The number of nitrogens with one attached hydrogen (secondary N) is 2. The number of unbranched alkanes of at least 4 members (excludes halogenated alkanes) is 1. The topological polar surface area (TPSA) is 122 Å². The maximum Gasteiger partial charge on any atom is 0.274 e. The molecular formula is C23H28N6O4. The highest BCUT2D eigenvalue weighted by molar-refractivity contribution is 6.03. The van der Waals surface area contributed by atoms with Crippen LogP contribution in [0.2, 0.25) is 0 Å². The Bertz CT molecular complexity index is 1250. The lowest BCUT2D eigenvalue weighted by Crippen LogP contribution is -2.46. The highest BCUT2D eigenvalue weighted by Gasteiger charge is 2.32. The summed E-state index contributed by atoms with van der Waals surface area (Å²) in [5, 5.41) is 10.2. The number of ether oxygens (including phenoxy) is 1. The fourth-order valence-corrected chi connectivity index (χ4v) is 3.97. The van der Waals surface area contributed by atoms with Gasteiger partial charge in [-0.2, -0.15) is 5.10 Å². The molecule has 174 valence electrons. The molecular weight excluding hydrogens is 424 g/mol. The molecule has 4 heterocycles. The van der Waals surface area contributed by atoms with Gasteiger partial charge < -0.3 is 19.5 Å². The highest BCUT2D eigenvalue weighted by atomic mass is 16.5. The molecule has 2 N–H and O–H groups in total. The number of pyridine rings is 2. The van der Waals surface area contributed by atoms with Crippen molar-refractivity contribution in [1.29, 1.82) is 0 Å². The van der Waals surface area contributed by atoms with Gasteiger partial charge in [0.2, 0.25) is 5.43 Å². The van der Waals surface area contributed by atoms with Crippen LogP contribution in [0.3, 0.4) is 0 Å². The van der Waals surface area contributed by atoms with Crippen LogP contribution in [0.1, 0.15) is 60.3 Å². The van der Waals surface area contributed by atoms with E-state index in [0.717, 1.165) is 12.8 Å². The van der Waals surface area contributed by atoms with Crippen LogP contribution in [0.15, 0.2) is 29.2 Å². The highest BCUT2D eigenvalue weighted by Crippen LogP contribution is 2.24. The maximum atomic E-state index is 13.3. The predicted molar refractivity (Wildman–Crippen MR) is 122 cm³/mol. The van der Waals surface area contributed by atoms with Crippen LogP contribution >= 0.6 is 0 Å². The van der Waals surface area contributed by atoms with E-state index in [1.807, 2.05) is 20.8 Å². The zero-order chi connectivity index (χ0) is 23.5. The van der Waals surface area contributed by atoms with Crippen molar-refractivity contribution in [3.63, 3.8) is 0 Å². The number of amides is 2. The smallest absolute Gasteiger partial charge is 0.274 e. The molecule has 10 nitrogen and oxygen atoms in total. The van der Waals surface area contributed by atoms with Gasteiger partial charge in [-0.05, 0) is 32.4 Å². The summed E-state index contributed by atoms with van der Waals surface area (Å²) in [5.41, 5.74) is 1.17. The molecule has 0 bridgehead atoms. The lowest BCUT2D eigenvalue weighted by Gasteiger charge is -2.34. The molecule has 0 aromatic carbocycles. The van der Waals surface area contributed by atoms with Crippen LogP contribution in [0.25, 0.3) is 11.0 Å². The molecule has 0 aliphatic carbocycles. The summed E-state index contributed by atoms with van der Waals surface area (Å²) in [4.78, 5) is 44.8. The SMILES string of the molecule is CCCCOc1c2n(c(CNC(=O)c3n[nH]c4ncccc34)cc1=O)CCN(C(C)C)C2=O. The first-order chi connectivity index (χ1) is 15.9. The Morgan fingerprint density at radius 2 is 2.12 bits per heavy atom. The number of carbonyl (C=O) groups excluding carboxylic acids is 2. The number of aromatic nitrogens is 4. The molecule has 1 aliphatic rings. The van der Waals surface area contributed by atoms with E-state index in [9.17, 15) is 14.4 Å². The minimum absolute atomic E-state index is 0.00485. The molecule has 3 aromatic rings. The number of H-pyrrole nitrogens is 1. The van der Waals surface area contributed by atoms with Crippen LogP contribution in [-0.2, 0) is 13.1 Å². The monoisotopic (exact) mass is 452 g/mol. The predicted octanol–water partition coefficient (Wildman–Crippen LogP) is 2.09. The van der Waals surface area contributed by atoms with Crippen molar-refractivity contribution < 1.29 is 14.3 Å². The van der Waals surface area contributed by atoms with Gasteiger partial charge in [0.15, 0.2) is 22.8 Å². The summed E-state index contributed by atoms with van der Waals surface area (Å²) in [6.45, 7) is 7.36. The number of hydrogen-bond acceptors (Lipinski definition) is 6. The molecule has 0 saturated carbocycles. The van der Waals surface area contributed by atoms with Gasteiger partial charge in [-0.15, -0.1) is 0 Å². The summed E-state index contributed by atoms with van der Waals surface area (Å²) < 4.78 is 7.56. The van der Waals surface area contributed by atoms with E-state index < -0.39 is 5.91 Å². The average Bonchev–Trinajstić information content (AvgIpc) is 3.23. The van der Waals surface area contributed by atoms with Gasteiger partial charge >= 0.3 is 0 Å². The van der Waals surface area contributed by atoms with Crippen molar-refractivity contribution in [2.24, 2.45) is 0 Å². The van der Waals surface area contributed by atoms with E-state index in [0.29, 0.717) is 36.4 Å². The third kappa shape index (κ3) is 4.33. The Morgan fingerprint density at radius 1 is 1.30 bits per heavy atom. The summed E-state index contributed by atoms with van der Waals surface area (Å²) in [5.74, 6) is -0.555. The van der Waals surface area contributed by atoms with Gasteiger partial charge in [0.1, 0.15) is 0 Å². The number of hydrogen-bond donors (Lipinski definition) is 2. The number of nitrogens with zero attached hydrogens (tertiary/aromatic N) is 4. The van der Waals surface area contributed by atoms with Crippen molar-refractivity contribution in [2.75, 3.05) is 13.2 Å². The quantitative estimate of drug-likeness (QED) is 0.505. The molecule has 0 radical (unpaired) electrons. The summed E-state index contributed by atoms with van der Waals surface area (Å²) in [6, 6.07) is 4.92. The minimum atomic E-state index is -0.398. The van der Waals surface area contributed by atoms with Crippen molar-refractivity contribution in [3.05, 3.63) is 51.7 Å². The van der Waals surface area contributed by atoms with Crippen molar-refractivity contribution >= 4 is 22.8 Å². The number of aromatic amines is 1. The van der Waals surface area contributed by atoms with E-state index in [1.54, 1.807) is 27.8 Å². The average molecular weight is 453 g/mol. The van der Waals surface area contributed by atoms with Crippen molar-refractivity contribution in [3.8, 4) is 5.75 Å². The van der Waals surface area contributed by atoms with Gasteiger partial charge in [-0.25, -0.2) is 4.98 Å². The van der Waals surface area contributed by atoms with Gasteiger partial charge in [-0.1, -0.05) is 13.3 Å². The molecule has 0 saturated heterocycles. The first-order valence-corrected chi connectivity index (χ1v) is 11.2. The van der Waals surface area contributed by atoms with Crippen LogP contribution in [-0.4, -0.2) is 55.7 Å². The van der Waals surface area contributed by atoms with Crippen LogP contribution in [0.4, 0.5) is 0 Å². The fourth-order valence-electron chi connectivity index (χ4n) is 3.97. The zero-order valence-corrected chi connectivity index (χ0v) is 19.1. The van der Waals surface area contributed by atoms with Gasteiger partial charge in [0, 0.05) is 37.1 Å². The molecule has 0 atom stereocenters. The zero-order valence-electron chi connectivity index (χ0n) is 19.1. The Labute approximate surface area is 190 Å². The summed E-state index contributed by atoms with van der Waals surface area (Å²) >= 11 is 0. The Morgan fingerprint density at radius 3 is 2.88 bits per heavy atom. The van der Waals surface area contributed by atoms with E-state index >= 15 is 0 Å². The molecule has 0 unspecified atom stereocenters. The second kappa shape index (κ2) is 9.43. The van der Waals surface area contributed by atoms with Crippen molar-refractivity contribution in [1.82, 2.24) is 30.0 Å². The number of fused-ring (bicyclic) bond motifs is 2. The Balaban J connectivity index is 1.65.